The molecule has 3 N–H and O–H groups in total. The van der Waals surface area contributed by atoms with Gasteiger partial charge in [-0.25, -0.2) is 4.98 Å². The fraction of sp³-hybridized carbons (Fsp3) is 0.214. The molecule has 20 heavy (non-hydrogen) atoms. The summed E-state index contributed by atoms with van der Waals surface area (Å²) in [4.78, 5) is 20.3. The van der Waals surface area contributed by atoms with Crippen molar-refractivity contribution in [3.05, 3.63) is 54.0 Å². The van der Waals surface area contributed by atoms with Crippen molar-refractivity contribution in [2.24, 2.45) is 0 Å². The van der Waals surface area contributed by atoms with Crippen molar-refractivity contribution in [3.8, 4) is 0 Å². The summed E-state index contributed by atoms with van der Waals surface area (Å²) >= 11 is 0. The first kappa shape index (κ1) is 14.0. The zero-order valence-corrected chi connectivity index (χ0v) is 11.1. The lowest BCUT2D eigenvalue weighted by atomic mass is 10.1. The molecule has 0 radical (unpaired) electrons. The van der Waals surface area contributed by atoms with E-state index in [9.17, 15) is 4.79 Å². The Morgan fingerprint density at radius 1 is 1.35 bits per heavy atom. The number of hydrogen-bond donors (Lipinski definition) is 2. The minimum Gasteiger partial charge on any atom is -0.384 e. The monoisotopic (exact) mass is 272 g/mol. The van der Waals surface area contributed by atoms with Gasteiger partial charge in [-0.2, -0.15) is 0 Å². The lowest BCUT2D eigenvalue weighted by Gasteiger charge is -2.17. The molecule has 1 amide bonds. The van der Waals surface area contributed by atoms with Crippen LogP contribution >= 0.6 is 0 Å². The molecule has 0 fully saturated rings. The van der Waals surface area contributed by atoms with Crippen LogP contribution in [0.25, 0.3) is 0 Å². The van der Waals surface area contributed by atoms with Crippen molar-refractivity contribution in [2.45, 2.75) is 6.04 Å². The number of carbonyl (C=O) groups excluding carboxylic acids is 1. The molecule has 2 rings (SSSR count). The Balaban J connectivity index is 2.12. The average molecular weight is 272 g/mol. The van der Waals surface area contributed by atoms with Gasteiger partial charge >= 0.3 is 0 Å². The standard InChI is InChI=1S/C14H16N4O2/c1-20-9-12(11-4-2-3-7-16-11)18-14(19)10-5-6-13(15)17-8-10/h2-8,12H,9H2,1H3,(H2,15,17)(H,18,19). The Hall–Kier alpha value is -2.47. The number of pyridine rings is 2. The molecular formula is C14H16N4O2. The van der Waals surface area contributed by atoms with Gasteiger partial charge in [0, 0.05) is 19.5 Å². The SMILES string of the molecule is COCC(NC(=O)c1ccc(N)nc1)c1ccccn1. The van der Waals surface area contributed by atoms with E-state index in [1.807, 2.05) is 18.2 Å². The highest BCUT2D eigenvalue weighted by atomic mass is 16.5. The quantitative estimate of drug-likeness (QED) is 0.853. The molecule has 0 aromatic carbocycles. The number of nitrogens with two attached hydrogens (primary N) is 1. The maximum absolute atomic E-state index is 12.1. The molecular weight excluding hydrogens is 256 g/mol. The molecule has 6 nitrogen and oxygen atoms in total. The van der Waals surface area contributed by atoms with Crippen LogP contribution in [0.2, 0.25) is 0 Å². The van der Waals surface area contributed by atoms with Gasteiger partial charge in [0.1, 0.15) is 5.82 Å². The van der Waals surface area contributed by atoms with E-state index in [0.717, 1.165) is 5.69 Å². The van der Waals surface area contributed by atoms with Crippen LogP contribution in [0.4, 0.5) is 5.82 Å². The van der Waals surface area contributed by atoms with E-state index in [-0.39, 0.29) is 11.9 Å². The summed E-state index contributed by atoms with van der Waals surface area (Å²) in [5.74, 6) is 0.130. The molecule has 0 aliphatic rings. The van der Waals surface area contributed by atoms with Crippen LogP contribution in [0.5, 0.6) is 0 Å². The number of ether oxygens (including phenoxy) is 1. The number of anilines is 1. The molecule has 2 heterocycles. The van der Waals surface area contributed by atoms with Crippen LogP contribution in [0.3, 0.4) is 0 Å². The molecule has 0 spiro atoms. The second kappa shape index (κ2) is 6.63. The van der Waals surface area contributed by atoms with E-state index in [1.165, 1.54) is 6.20 Å². The summed E-state index contributed by atoms with van der Waals surface area (Å²) in [6, 6.07) is 8.42. The molecule has 0 aliphatic carbocycles. The summed E-state index contributed by atoms with van der Waals surface area (Å²) in [5, 5.41) is 2.86. The first-order valence-corrected chi connectivity index (χ1v) is 6.13. The third-order valence-corrected chi connectivity index (χ3v) is 2.73. The molecule has 0 bridgehead atoms. The van der Waals surface area contributed by atoms with Gasteiger partial charge in [0.2, 0.25) is 0 Å². The minimum atomic E-state index is -0.314. The molecule has 2 aromatic heterocycles. The predicted octanol–water partition coefficient (Wildman–Crippen LogP) is 1.18. The number of nitrogen functional groups attached to an aromatic ring is 1. The zero-order chi connectivity index (χ0) is 14.4. The van der Waals surface area contributed by atoms with Crippen molar-refractivity contribution in [1.82, 2.24) is 15.3 Å². The second-order valence-corrected chi connectivity index (χ2v) is 4.21. The summed E-state index contributed by atoms with van der Waals surface area (Å²) < 4.78 is 5.12. The summed E-state index contributed by atoms with van der Waals surface area (Å²) in [5.41, 5.74) is 6.68. The number of nitrogens with zero attached hydrogens (tertiary/aromatic N) is 2. The maximum Gasteiger partial charge on any atom is 0.253 e. The summed E-state index contributed by atoms with van der Waals surface area (Å²) in [6.45, 7) is 0.338. The van der Waals surface area contributed by atoms with E-state index in [1.54, 1.807) is 25.4 Å². The van der Waals surface area contributed by atoms with Gasteiger partial charge in [-0.3, -0.25) is 9.78 Å². The number of hydrogen-bond acceptors (Lipinski definition) is 5. The van der Waals surface area contributed by atoms with Crippen LogP contribution < -0.4 is 11.1 Å². The zero-order valence-electron chi connectivity index (χ0n) is 11.1. The van der Waals surface area contributed by atoms with Gasteiger partial charge in [-0.15, -0.1) is 0 Å². The smallest absolute Gasteiger partial charge is 0.253 e. The first-order valence-electron chi connectivity index (χ1n) is 6.13. The van der Waals surface area contributed by atoms with E-state index in [4.69, 9.17) is 10.5 Å². The van der Waals surface area contributed by atoms with Gasteiger partial charge in [0.05, 0.1) is 23.9 Å². The Morgan fingerprint density at radius 3 is 2.80 bits per heavy atom. The van der Waals surface area contributed by atoms with Crippen molar-refractivity contribution in [1.29, 1.82) is 0 Å². The van der Waals surface area contributed by atoms with Crippen molar-refractivity contribution >= 4 is 11.7 Å². The van der Waals surface area contributed by atoms with Gasteiger partial charge in [-0.05, 0) is 24.3 Å². The lowest BCUT2D eigenvalue weighted by molar-refractivity contribution is 0.0894. The maximum atomic E-state index is 12.1. The lowest BCUT2D eigenvalue weighted by Crippen LogP contribution is -2.32. The molecule has 0 saturated carbocycles. The fourth-order valence-corrected chi connectivity index (χ4v) is 1.73. The number of amides is 1. The minimum absolute atomic E-state index is 0.245. The predicted molar refractivity (Wildman–Crippen MR) is 75.0 cm³/mol. The number of rotatable bonds is 5. The van der Waals surface area contributed by atoms with Crippen LogP contribution in [0, 0.1) is 0 Å². The van der Waals surface area contributed by atoms with Crippen LogP contribution in [-0.2, 0) is 4.74 Å². The molecule has 6 heteroatoms. The number of carbonyl (C=O) groups is 1. The Kier molecular flexibility index (Phi) is 4.62. The van der Waals surface area contributed by atoms with Gasteiger partial charge in [0.25, 0.3) is 5.91 Å². The molecule has 1 atom stereocenters. The van der Waals surface area contributed by atoms with Gasteiger partial charge < -0.3 is 15.8 Å². The average Bonchev–Trinajstić information content (AvgIpc) is 2.48. The van der Waals surface area contributed by atoms with Crippen molar-refractivity contribution in [2.75, 3.05) is 19.5 Å². The van der Waals surface area contributed by atoms with E-state index in [0.29, 0.717) is 18.0 Å². The molecule has 1 unspecified atom stereocenters. The largest absolute Gasteiger partial charge is 0.384 e. The number of methoxy groups -OCH3 is 1. The molecule has 0 saturated heterocycles. The molecule has 2 aromatic rings. The number of nitrogens with one attached hydrogen (secondary N) is 1. The normalized spacial score (nSPS) is 11.8. The van der Waals surface area contributed by atoms with Crippen LogP contribution in [0.15, 0.2) is 42.7 Å². The third-order valence-electron chi connectivity index (χ3n) is 2.73. The van der Waals surface area contributed by atoms with Crippen LogP contribution in [0.1, 0.15) is 22.1 Å². The highest BCUT2D eigenvalue weighted by Crippen LogP contribution is 2.11. The van der Waals surface area contributed by atoms with Crippen molar-refractivity contribution in [3.63, 3.8) is 0 Å². The summed E-state index contributed by atoms with van der Waals surface area (Å²) in [6.07, 6.45) is 3.11. The highest BCUT2D eigenvalue weighted by molar-refractivity contribution is 5.94. The first-order chi connectivity index (χ1) is 9.70. The Labute approximate surface area is 117 Å². The number of aromatic nitrogens is 2. The fourth-order valence-electron chi connectivity index (χ4n) is 1.73. The molecule has 104 valence electrons. The van der Waals surface area contributed by atoms with Crippen molar-refractivity contribution < 1.29 is 9.53 Å². The summed E-state index contributed by atoms with van der Waals surface area (Å²) in [7, 11) is 1.58. The van der Waals surface area contributed by atoms with Gasteiger partial charge in [-0.1, -0.05) is 6.07 Å². The highest BCUT2D eigenvalue weighted by Gasteiger charge is 2.16. The topological polar surface area (TPSA) is 90.1 Å². The second-order valence-electron chi connectivity index (χ2n) is 4.21. The third kappa shape index (κ3) is 3.52. The van der Waals surface area contributed by atoms with E-state index < -0.39 is 0 Å². The van der Waals surface area contributed by atoms with E-state index in [2.05, 4.69) is 15.3 Å². The van der Waals surface area contributed by atoms with Gasteiger partial charge in [0.15, 0.2) is 0 Å². The Morgan fingerprint density at radius 2 is 2.20 bits per heavy atom. The van der Waals surface area contributed by atoms with E-state index >= 15 is 0 Å². The molecule has 0 aliphatic heterocycles. The Bertz CT molecular complexity index is 557. The van der Waals surface area contributed by atoms with Crippen LogP contribution in [-0.4, -0.2) is 29.6 Å².